The summed E-state index contributed by atoms with van der Waals surface area (Å²) in [7, 11) is 3.12. The van der Waals surface area contributed by atoms with E-state index in [2.05, 4.69) is 40.4 Å². The summed E-state index contributed by atoms with van der Waals surface area (Å²) < 4.78 is 11.1. The van der Waals surface area contributed by atoms with E-state index in [1.54, 1.807) is 26.4 Å². The van der Waals surface area contributed by atoms with E-state index in [4.69, 9.17) is 9.47 Å². The Hall–Kier alpha value is -1.43. The molecule has 20 heavy (non-hydrogen) atoms. The number of rotatable bonds is 6. The van der Waals surface area contributed by atoms with Crippen molar-refractivity contribution >= 4 is 27.6 Å². The second-order valence-corrected chi connectivity index (χ2v) is 5.60. The fourth-order valence-corrected chi connectivity index (χ4v) is 2.01. The zero-order valence-corrected chi connectivity index (χ0v) is 13.8. The van der Waals surface area contributed by atoms with Crippen molar-refractivity contribution in [3.8, 4) is 11.5 Å². The minimum absolute atomic E-state index is 0.237. The Morgan fingerprint density at radius 2 is 1.85 bits per heavy atom. The number of nitrogens with one attached hydrogen (secondary N) is 2. The average Bonchev–Trinajstić information content (AvgIpc) is 2.40. The van der Waals surface area contributed by atoms with Crippen molar-refractivity contribution < 1.29 is 14.3 Å². The van der Waals surface area contributed by atoms with Crippen molar-refractivity contribution in [1.29, 1.82) is 0 Å². The van der Waals surface area contributed by atoms with Crippen LogP contribution in [-0.4, -0.2) is 26.8 Å². The number of ether oxygens (including phenoxy) is 2. The van der Waals surface area contributed by atoms with Gasteiger partial charge in [0, 0.05) is 23.2 Å². The lowest BCUT2D eigenvalue weighted by Crippen LogP contribution is -2.30. The fraction of sp³-hybridized carbons (Fsp3) is 0.500. The molecule has 0 heterocycles. The lowest BCUT2D eigenvalue weighted by atomic mass is 10.1. The van der Waals surface area contributed by atoms with Crippen LogP contribution in [0.25, 0.3) is 0 Å². The zero-order chi connectivity index (χ0) is 15.1. The number of hydrogen-bond donors (Lipinski definition) is 2. The van der Waals surface area contributed by atoms with Gasteiger partial charge in [-0.2, -0.15) is 0 Å². The van der Waals surface area contributed by atoms with Crippen LogP contribution in [0.15, 0.2) is 16.6 Å². The Morgan fingerprint density at radius 1 is 1.25 bits per heavy atom. The number of carbonyl (C=O) groups excluding carboxylic acids is 1. The molecule has 0 unspecified atom stereocenters. The number of hydrogen-bond acceptors (Lipinski definition) is 3. The molecule has 2 N–H and O–H groups in total. The second kappa shape index (κ2) is 7.99. The summed E-state index contributed by atoms with van der Waals surface area (Å²) in [6.45, 7) is 4.88. The zero-order valence-electron chi connectivity index (χ0n) is 12.2. The van der Waals surface area contributed by atoms with Gasteiger partial charge in [0.05, 0.1) is 19.9 Å². The summed E-state index contributed by atoms with van der Waals surface area (Å²) in [5.74, 6) is 1.72. The molecule has 0 aliphatic heterocycles. The number of benzene rings is 1. The monoisotopic (exact) mass is 344 g/mol. The van der Waals surface area contributed by atoms with E-state index >= 15 is 0 Å². The third kappa shape index (κ3) is 4.92. The Morgan fingerprint density at radius 3 is 2.40 bits per heavy atom. The molecule has 5 nitrogen and oxygen atoms in total. The molecule has 1 rings (SSSR count). The largest absolute Gasteiger partial charge is 0.493 e. The molecule has 0 aromatic heterocycles. The number of carbonyl (C=O) groups is 1. The van der Waals surface area contributed by atoms with Crippen LogP contribution < -0.4 is 20.1 Å². The summed E-state index contributed by atoms with van der Waals surface area (Å²) in [6, 6.07) is 3.23. The molecule has 0 bridgehead atoms. The van der Waals surface area contributed by atoms with E-state index in [9.17, 15) is 4.79 Å². The molecule has 0 aliphatic rings. The quantitative estimate of drug-likeness (QED) is 0.828. The first-order valence-corrected chi connectivity index (χ1v) is 7.23. The summed E-state index contributed by atoms with van der Waals surface area (Å²) in [4.78, 5) is 11.8. The highest BCUT2D eigenvalue weighted by Gasteiger charge is 2.11. The molecule has 1 aromatic carbocycles. The highest BCUT2D eigenvalue weighted by Crippen LogP contribution is 2.36. The van der Waals surface area contributed by atoms with Crippen molar-refractivity contribution in [1.82, 2.24) is 5.32 Å². The van der Waals surface area contributed by atoms with Crippen LogP contribution in [0.5, 0.6) is 11.5 Å². The van der Waals surface area contributed by atoms with Crippen LogP contribution in [0, 0.1) is 5.92 Å². The third-order valence-corrected chi connectivity index (χ3v) is 3.38. The van der Waals surface area contributed by atoms with Gasteiger partial charge in [0.25, 0.3) is 0 Å². The highest BCUT2D eigenvalue weighted by atomic mass is 79.9. The normalized spacial score (nSPS) is 10.3. The SMILES string of the molecule is COc1cc(Br)c(NC(=O)NCCC(C)C)cc1OC. The molecule has 0 atom stereocenters. The van der Waals surface area contributed by atoms with Gasteiger partial charge in [0.15, 0.2) is 11.5 Å². The van der Waals surface area contributed by atoms with Gasteiger partial charge in [0.1, 0.15) is 0 Å². The van der Waals surface area contributed by atoms with Gasteiger partial charge in [-0.3, -0.25) is 0 Å². The van der Waals surface area contributed by atoms with E-state index < -0.39 is 0 Å². The van der Waals surface area contributed by atoms with Gasteiger partial charge < -0.3 is 20.1 Å². The maximum Gasteiger partial charge on any atom is 0.319 e. The number of methoxy groups -OCH3 is 2. The van der Waals surface area contributed by atoms with Crippen molar-refractivity contribution in [2.24, 2.45) is 5.92 Å². The first kappa shape index (κ1) is 16.6. The summed E-state index contributed by atoms with van der Waals surface area (Å²) in [5, 5.41) is 5.59. The van der Waals surface area contributed by atoms with Gasteiger partial charge in [-0.05, 0) is 28.3 Å². The van der Waals surface area contributed by atoms with Crippen molar-refractivity contribution in [3.63, 3.8) is 0 Å². The van der Waals surface area contributed by atoms with Crippen LogP contribution >= 0.6 is 15.9 Å². The van der Waals surface area contributed by atoms with Gasteiger partial charge in [-0.1, -0.05) is 13.8 Å². The van der Waals surface area contributed by atoms with Crippen LogP contribution in [0.2, 0.25) is 0 Å². The van der Waals surface area contributed by atoms with E-state index in [-0.39, 0.29) is 6.03 Å². The smallest absolute Gasteiger partial charge is 0.319 e. The number of anilines is 1. The molecule has 6 heteroatoms. The molecular weight excluding hydrogens is 324 g/mol. The van der Waals surface area contributed by atoms with E-state index in [1.807, 2.05) is 0 Å². The summed E-state index contributed by atoms with van der Waals surface area (Å²) >= 11 is 3.39. The topological polar surface area (TPSA) is 59.6 Å². The Kier molecular flexibility index (Phi) is 6.64. The average molecular weight is 345 g/mol. The molecule has 0 radical (unpaired) electrons. The molecule has 0 saturated carbocycles. The minimum Gasteiger partial charge on any atom is -0.493 e. The number of urea groups is 1. The van der Waals surface area contributed by atoms with E-state index in [0.717, 1.165) is 10.9 Å². The summed E-state index contributed by atoms with van der Waals surface area (Å²) in [5.41, 5.74) is 0.629. The van der Waals surface area contributed by atoms with Gasteiger partial charge >= 0.3 is 6.03 Å². The third-order valence-electron chi connectivity index (χ3n) is 2.73. The van der Waals surface area contributed by atoms with Crippen molar-refractivity contribution in [3.05, 3.63) is 16.6 Å². The number of amides is 2. The molecule has 112 valence electrons. The maximum atomic E-state index is 11.8. The molecule has 0 aliphatic carbocycles. The van der Waals surface area contributed by atoms with E-state index in [0.29, 0.717) is 29.6 Å². The van der Waals surface area contributed by atoms with Crippen LogP contribution in [0.4, 0.5) is 10.5 Å². The minimum atomic E-state index is -0.237. The lowest BCUT2D eigenvalue weighted by molar-refractivity contribution is 0.251. The molecule has 2 amide bonds. The maximum absolute atomic E-state index is 11.8. The lowest BCUT2D eigenvalue weighted by Gasteiger charge is -2.13. The predicted molar refractivity (Wildman–Crippen MR) is 83.7 cm³/mol. The van der Waals surface area contributed by atoms with Crippen molar-refractivity contribution in [2.45, 2.75) is 20.3 Å². The molecule has 0 spiro atoms. The van der Waals surface area contributed by atoms with Crippen LogP contribution in [0.1, 0.15) is 20.3 Å². The molecular formula is C14H21BrN2O3. The molecule has 1 aromatic rings. The Balaban J connectivity index is 2.69. The van der Waals surface area contributed by atoms with Gasteiger partial charge in [-0.25, -0.2) is 4.79 Å². The Bertz CT molecular complexity index is 464. The summed E-state index contributed by atoms with van der Waals surface area (Å²) in [6.07, 6.45) is 0.945. The highest BCUT2D eigenvalue weighted by molar-refractivity contribution is 9.10. The fourth-order valence-electron chi connectivity index (χ4n) is 1.59. The van der Waals surface area contributed by atoms with Crippen LogP contribution in [-0.2, 0) is 0 Å². The number of halogens is 1. The molecule has 0 fully saturated rings. The van der Waals surface area contributed by atoms with Gasteiger partial charge in [0.2, 0.25) is 0 Å². The van der Waals surface area contributed by atoms with Gasteiger partial charge in [-0.15, -0.1) is 0 Å². The van der Waals surface area contributed by atoms with E-state index in [1.165, 1.54) is 0 Å². The Labute approximate surface area is 128 Å². The second-order valence-electron chi connectivity index (χ2n) is 4.75. The predicted octanol–water partition coefficient (Wildman–Crippen LogP) is 3.63. The molecule has 0 saturated heterocycles. The standard InChI is InChI=1S/C14H21BrN2O3/c1-9(2)5-6-16-14(18)17-11-8-13(20-4)12(19-3)7-10(11)15/h7-9H,5-6H2,1-4H3,(H2,16,17,18). The first-order chi connectivity index (χ1) is 9.47. The van der Waals surface area contributed by atoms with Crippen molar-refractivity contribution in [2.75, 3.05) is 26.1 Å². The van der Waals surface area contributed by atoms with Crippen LogP contribution in [0.3, 0.4) is 0 Å². The first-order valence-electron chi connectivity index (χ1n) is 6.44.